The number of fused-ring (bicyclic) bond motifs is 1. The van der Waals surface area contributed by atoms with E-state index >= 15 is 0 Å². The summed E-state index contributed by atoms with van der Waals surface area (Å²) in [6.45, 7) is 0. The molecular weight excluding hydrogens is 319 g/mol. The molecule has 1 atom stereocenters. The Kier molecular flexibility index (Phi) is 4.46. The summed E-state index contributed by atoms with van der Waals surface area (Å²) >= 11 is 0. The third kappa shape index (κ3) is 3.88. The molecule has 6 heteroatoms. The van der Waals surface area contributed by atoms with E-state index in [2.05, 4.69) is 10.1 Å². The molecule has 1 N–H and O–H groups in total. The first-order valence-corrected chi connectivity index (χ1v) is 7.65. The molecule has 3 nitrogen and oxygen atoms in total. The van der Waals surface area contributed by atoms with Gasteiger partial charge in [0.15, 0.2) is 5.75 Å². The molecule has 0 bridgehead atoms. The molecule has 0 fully saturated rings. The predicted molar refractivity (Wildman–Crippen MR) is 83.9 cm³/mol. The van der Waals surface area contributed by atoms with Crippen molar-refractivity contribution in [2.24, 2.45) is 0 Å². The third-order valence-electron chi connectivity index (χ3n) is 4.08. The lowest BCUT2D eigenvalue weighted by atomic mass is 9.97. The topological polar surface area (TPSA) is 38.3 Å². The van der Waals surface area contributed by atoms with Gasteiger partial charge >= 0.3 is 6.36 Å². The van der Waals surface area contributed by atoms with E-state index < -0.39 is 12.1 Å². The van der Waals surface area contributed by atoms with Crippen LogP contribution in [0.4, 0.5) is 18.9 Å². The molecule has 0 saturated heterocycles. The van der Waals surface area contributed by atoms with Gasteiger partial charge in [-0.05, 0) is 42.0 Å². The van der Waals surface area contributed by atoms with Crippen LogP contribution in [0.15, 0.2) is 48.5 Å². The molecule has 1 unspecified atom stereocenters. The molecule has 1 amide bonds. The molecule has 0 saturated carbocycles. The van der Waals surface area contributed by atoms with E-state index in [1.165, 1.54) is 23.8 Å². The fraction of sp³-hybridized carbons (Fsp3) is 0.278. The van der Waals surface area contributed by atoms with Crippen LogP contribution in [0.25, 0.3) is 0 Å². The van der Waals surface area contributed by atoms with E-state index in [-0.39, 0.29) is 23.9 Å². The van der Waals surface area contributed by atoms with Crippen LogP contribution >= 0.6 is 0 Å². The van der Waals surface area contributed by atoms with Crippen LogP contribution in [-0.2, 0) is 11.2 Å². The highest BCUT2D eigenvalue weighted by atomic mass is 19.4. The monoisotopic (exact) mass is 335 g/mol. The number of ether oxygens (including phenoxy) is 1. The minimum atomic E-state index is -4.80. The number of carbonyl (C=O) groups excluding carboxylic acids is 1. The lowest BCUT2D eigenvalue weighted by Gasteiger charge is -2.15. The second-order valence-corrected chi connectivity index (χ2v) is 5.73. The van der Waals surface area contributed by atoms with Crippen molar-refractivity contribution in [2.45, 2.75) is 31.5 Å². The summed E-state index contributed by atoms with van der Waals surface area (Å²) in [6.07, 6.45) is -2.78. The summed E-state index contributed by atoms with van der Waals surface area (Å²) < 4.78 is 41.2. The molecule has 24 heavy (non-hydrogen) atoms. The van der Waals surface area contributed by atoms with E-state index in [0.717, 1.165) is 18.4 Å². The third-order valence-corrected chi connectivity index (χ3v) is 4.08. The fourth-order valence-corrected chi connectivity index (χ4v) is 3.07. The zero-order valence-electron chi connectivity index (χ0n) is 12.8. The van der Waals surface area contributed by atoms with Gasteiger partial charge in [-0.15, -0.1) is 13.2 Å². The second kappa shape index (κ2) is 6.55. The molecule has 2 aromatic rings. The van der Waals surface area contributed by atoms with Gasteiger partial charge in [0.05, 0.1) is 5.69 Å². The number of carbonyl (C=O) groups is 1. The molecule has 0 radical (unpaired) electrons. The maximum absolute atomic E-state index is 12.4. The van der Waals surface area contributed by atoms with Crippen molar-refractivity contribution in [3.8, 4) is 5.75 Å². The Morgan fingerprint density at radius 2 is 1.83 bits per heavy atom. The number of benzene rings is 2. The quantitative estimate of drug-likeness (QED) is 0.884. The Morgan fingerprint density at radius 1 is 1.12 bits per heavy atom. The number of alkyl halides is 3. The Labute approximate surface area is 137 Å². The van der Waals surface area contributed by atoms with Crippen molar-refractivity contribution < 1.29 is 22.7 Å². The van der Waals surface area contributed by atoms with Crippen LogP contribution in [0.5, 0.6) is 5.75 Å². The van der Waals surface area contributed by atoms with E-state index in [0.29, 0.717) is 0 Å². The highest BCUT2D eigenvalue weighted by Crippen LogP contribution is 2.36. The number of hydrogen-bond donors (Lipinski definition) is 1. The van der Waals surface area contributed by atoms with Crippen LogP contribution in [0, 0.1) is 0 Å². The standard InChI is InChI=1S/C18H16F3NO2/c19-18(20,21)24-16-8-4-3-7-15(16)22-17(23)11-13-10-9-12-5-1-2-6-14(12)13/h1-8,13H,9-11H2,(H,22,23). The van der Waals surface area contributed by atoms with Gasteiger partial charge in [0.1, 0.15) is 0 Å². The number of hydrogen-bond acceptors (Lipinski definition) is 2. The van der Waals surface area contributed by atoms with Gasteiger partial charge in [-0.1, -0.05) is 36.4 Å². The fourth-order valence-electron chi connectivity index (χ4n) is 3.07. The molecular formula is C18H16F3NO2. The minimum absolute atomic E-state index is 0.0195. The van der Waals surface area contributed by atoms with Crippen LogP contribution in [-0.4, -0.2) is 12.3 Å². The normalized spacial score (nSPS) is 16.5. The number of halogens is 3. The predicted octanol–water partition coefficient (Wildman–Crippen LogP) is 4.64. The second-order valence-electron chi connectivity index (χ2n) is 5.73. The molecule has 0 spiro atoms. The van der Waals surface area contributed by atoms with Crippen molar-refractivity contribution in [1.82, 2.24) is 0 Å². The summed E-state index contributed by atoms with van der Waals surface area (Å²) in [5.74, 6) is -0.642. The smallest absolute Gasteiger partial charge is 0.404 e. The molecule has 2 aromatic carbocycles. The van der Waals surface area contributed by atoms with Crippen LogP contribution in [0.1, 0.15) is 29.9 Å². The molecule has 3 rings (SSSR count). The zero-order valence-corrected chi connectivity index (χ0v) is 12.8. The van der Waals surface area contributed by atoms with Gasteiger partial charge in [0, 0.05) is 6.42 Å². The number of aryl methyl sites for hydroxylation is 1. The molecule has 0 aromatic heterocycles. The summed E-state index contributed by atoms with van der Waals surface area (Å²) in [5.41, 5.74) is 2.40. The molecule has 126 valence electrons. The first kappa shape index (κ1) is 16.4. The molecule has 1 aliphatic carbocycles. The SMILES string of the molecule is O=C(CC1CCc2ccccc21)Nc1ccccc1OC(F)(F)F. The van der Waals surface area contributed by atoms with E-state index in [9.17, 15) is 18.0 Å². The maximum Gasteiger partial charge on any atom is 0.573 e. The van der Waals surface area contributed by atoms with Crippen molar-refractivity contribution >= 4 is 11.6 Å². The summed E-state index contributed by atoms with van der Waals surface area (Å²) in [6, 6.07) is 13.5. The molecule has 1 aliphatic rings. The average molecular weight is 335 g/mol. The Bertz CT molecular complexity index is 743. The minimum Gasteiger partial charge on any atom is -0.404 e. The summed E-state index contributed by atoms with van der Waals surface area (Å²) in [4.78, 5) is 12.2. The number of amides is 1. The number of nitrogens with one attached hydrogen (secondary N) is 1. The van der Waals surface area contributed by atoms with E-state index in [4.69, 9.17) is 0 Å². The molecule has 0 aliphatic heterocycles. The largest absolute Gasteiger partial charge is 0.573 e. The average Bonchev–Trinajstić information content (AvgIpc) is 2.91. The number of rotatable bonds is 4. The van der Waals surface area contributed by atoms with Crippen LogP contribution in [0.3, 0.4) is 0 Å². The highest BCUT2D eigenvalue weighted by molar-refractivity contribution is 5.92. The van der Waals surface area contributed by atoms with Gasteiger partial charge in [-0.25, -0.2) is 0 Å². The lowest BCUT2D eigenvalue weighted by molar-refractivity contribution is -0.274. The Hall–Kier alpha value is -2.50. The maximum atomic E-state index is 12.4. The van der Waals surface area contributed by atoms with Crippen molar-refractivity contribution in [1.29, 1.82) is 0 Å². The first-order valence-electron chi connectivity index (χ1n) is 7.65. The van der Waals surface area contributed by atoms with Crippen LogP contribution < -0.4 is 10.1 Å². The van der Waals surface area contributed by atoms with Crippen molar-refractivity contribution in [3.63, 3.8) is 0 Å². The first-order chi connectivity index (χ1) is 11.4. The summed E-state index contributed by atoms with van der Waals surface area (Å²) in [5, 5.41) is 2.53. The zero-order chi connectivity index (χ0) is 17.2. The Balaban J connectivity index is 1.68. The van der Waals surface area contributed by atoms with Gasteiger partial charge in [-0.3, -0.25) is 4.79 Å². The van der Waals surface area contributed by atoms with Gasteiger partial charge in [-0.2, -0.15) is 0 Å². The number of para-hydroxylation sites is 2. The Morgan fingerprint density at radius 3 is 2.62 bits per heavy atom. The lowest BCUT2D eigenvalue weighted by Crippen LogP contribution is -2.20. The van der Waals surface area contributed by atoms with Crippen LogP contribution in [0.2, 0.25) is 0 Å². The van der Waals surface area contributed by atoms with Gasteiger partial charge < -0.3 is 10.1 Å². The van der Waals surface area contributed by atoms with Crippen molar-refractivity contribution in [2.75, 3.05) is 5.32 Å². The number of anilines is 1. The van der Waals surface area contributed by atoms with E-state index in [1.54, 1.807) is 6.07 Å². The van der Waals surface area contributed by atoms with E-state index in [1.807, 2.05) is 24.3 Å². The summed E-state index contributed by atoms with van der Waals surface area (Å²) in [7, 11) is 0. The van der Waals surface area contributed by atoms with Gasteiger partial charge in [0.25, 0.3) is 0 Å². The van der Waals surface area contributed by atoms with Gasteiger partial charge in [0.2, 0.25) is 5.91 Å². The highest BCUT2D eigenvalue weighted by Gasteiger charge is 2.32. The molecule has 0 heterocycles. The van der Waals surface area contributed by atoms with Crippen molar-refractivity contribution in [3.05, 3.63) is 59.7 Å².